The largest absolute Gasteiger partial charge is 0.464 e. The van der Waals surface area contributed by atoms with Crippen molar-refractivity contribution < 1.29 is 46.6 Å². The average Bonchev–Trinajstić information content (AvgIpc) is 1.94. The Bertz CT molecular complexity index is 3160. The van der Waals surface area contributed by atoms with Crippen molar-refractivity contribution in [3.63, 3.8) is 0 Å². The second-order valence-corrected chi connectivity index (χ2v) is 26.9. The van der Waals surface area contributed by atoms with Crippen LogP contribution in [0.25, 0.3) is 33.3 Å². The lowest BCUT2D eigenvalue weighted by molar-refractivity contribution is -0.155. The van der Waals surface area contributed by atoms with E-state index < -0.39 is 48.3 Å². The molecule has 8 fully saturated rings. The summed E-state index contributed by atoms with van der Waals surface area (Å²) >= 11 is 0. The third-order valence-corrected chi connectivity index (χ3v) is 20.3. The first-order chi connectivity index (χ1) is 40.4. The molecule has 3 N–H and O–H groups in total. The molecule has 84 heavy (non-hydrogen) atoms. The number of pyridine rings is 1. The number of anilines is 1. The Morgan fingerprint density at radius 3 is 2.54 bits per heavy atom. The molecular formula is C64H83F3N10O7. The number of likely N-dealkylation sites (tertiary alicyclic amines) is 2. The zero-order chi connectivity index (χ0) is 58.2. The number of nitrogens with one attached hydrogen (secondary N) is 3. The van der Waals surface area contributed by atoms with Crippen LogP contribution in [0, 0.1) is 22.7 Å². The molecule has 9 aliphatic rings. The van der Waals surface area contributed by atoms with Gasteiger partial charge in [0, 0.05) is 99.2 Å². The average molecular weight is 1160 g/mol. The normalized spacial score (nSPS) is 28.8. The van der Waals surface area contributed by atoms with Gasteiger partial charge in [-0.05, 0) is 124 Å². The number of cyclic esters (lactones) is 1. The van der Waals surface area contributed by atoms with Crippen molar-refractivity contribution in [2.24, 2.45) is 22.7 Å². The molecule has 17 nitrogen and oxygen atoms in total. The number of hydrazine groups is 1. The second-order valence-electron chi connectivity index (χ2n) is 26.9. The SMILES string of the molecule is CO[C@@H](C)c1ncc(N2CCN3CCOC[C@@H]3C2)cc1-c1c2c3cc(ccc3n1CC(F)(F)F)-c1cccc(c1)C[C@H](NC(=O)C(C1CCCC1)N1CC[C@]3(CCN(C(=O)[C@@H]4NC4C4CC4)C3)C1)C(=O)N1CCC[C@H](N1)C(=O)OCC(C)(C)C2. The van der Waals surface area contributed by atoms with Gasteiger partial charge in [-0.15, -0.1) is 0 Å². The van der Waals surface area contributed by atoms with Gasteiger partial charge in [0.05, 0.1) is 61.3 Å². The summed E-state index contributed by atoms with van der Waals surface area (Å²) in [6.45, 7) is 12.0. The fourth-order valence-electron chi connectivity index (χ4n) is 15.5. The Labute approximate surface area is 490 Å². The molecule has 2 unspecified atom stereocenters. The van der Waals surface area contributed by atoms with Crippen LogP contribution >= 0.6 is 0 Å². The number of hydrogen-bond acceptors (Lipinski definition) is 13. The van der Waals surface area contributed by atoms with Gasteiger partial charge < -0.3 is 33.9 Å². The van der Waals surface area contributed by atoms with Crippen molar-refractivity contribution in [1.82, 2.24) is 45.3 Å². The molecule has 3 amide bonds. The number of methoxy groups -OCH3 is 1. The molecule has 0 radical (unpaired) electrons. The zero-order valence-corrected chi connectivity index (χ0v) is 49.2. The molecule has 8 atom stereocenters. The quantitative estimate of drug-likeness (QED) is 0.103. The molecule has 2 aliphatic carbocycles. The lowest BCUT2D eigenvalue weighted by atomic mass is 9.84. The Hall–Kier alpha value is -5.64. The fraction of sp³-hybridized carbons (Fsp3) is 0.641. The first kappa shape index (κ1) is 57.4. The Balaban J connectivity index is 0.857. The first-order valence-electron chi connectivity index (χ1n) is 31.1. The number of nitrogens with zero attached hydrogens (tertiary/aromatic N) is 7. The third-order valence-electron chi connectivity index (χ3n) is 20.3. The van der Waals surface area contributed by atoms with E-state index in [1.807, 2.05) is 63.2 Å². The van der Waals surface area contributed by atoms with Crippen molar-refractivity contribution in [2.45, 2.75) is 153 Å². The van der Waals surface area contributed by atoms with E-state index in [9.17, 15) is 9.59 Å². The van der Waals surface area contributed by atoms with Crippen LogP contribution in [-0.2, 0) is 52.8 Å². The molecule has 13 rings (SSSR count). The highest BCUT2D eigenvalue weighted by atomic mass is 19.4. The van der Waals surface area contributed by atoms with E-state index in [4.69, 9.17) is 19.2 Å². The van der Waals surface area contributed by atoms with E-state index in [-0.39, 0.29) is 60.6 Å². The molecule has 6 bridgehead atoms. The van der Waals surface area contributed by atoms with Gasteiger partial charge in [-0.2, -0.15) is 13.2 Å². The number of carbonyl (C=O) groups excluding carboxylic acids is 4. The number of piperazine rings is 1. The third kappa shape index (κ3) is 11.7. The fourth-order valence-corrected chi connectivity index (χ4v) is 15.5. The molecule has 4 aromatic rings. The minimum atomic E-state index is -4.61. The monoisotopic (exact) mass is 1160 g/mol. The van der Waals surface area contributed by atoms with Gasteiger partial charge in [0.15, 0.2) is 0 Å². The van der Waals surface area contributed by atoms with Crippen molar-refractivity contribution in [2.75, 3.05) is 90.7 Å². The van der Waals surface area contributed by atoms with E-state index in [1.165, 1.54) is 22.4 Å². The van der Waals surface area contributed by atoms with Crippen molar-refractivity contribution in [3.05, 3.63) is 71.5 Å². The highest BCUT2D eigenvalue weighted by molar-refractivity contribution is 5.96. The minimum absolute atomic E-state index is 0.0639. The molecule has 1 spiro atoms. The number of amides is 3. The lowest BCUT2D eigenvalue weighted by Crippen LogP contribution is -2.62. The van der Waals surface area contributed by atoms with Gasteiger partial charge in [0.25, 0.3) is 5.91 Å². The van der Waals surface area contributed by atoms with Crippen molar-refractivity contribution >= 4 is 40.3 Å². The van der Waals surface area contributed by atoms with Gasteiger partial charge >= 0.3 is 12.1 Å². The van der Waals surface area contributed by atoms with Gasteiger partial charge in [-0.25, -0.2) is 5.43 Å². The number of ether oxygens (including phenoxy) is 3. The molecule has 20 heteroatoms. The molecule has 7 aliphatic heterocycles. The number of fused-ring (bicyclic) bond motifs is 7. The number of hydrogen-bond donors (Lipinski definition) is 3. The van der Waals surface area contributed by atoms with E-state index >= 15 is 22.8 Å². The number of carbonyl (C=O) groups is 4. The standard InChI is InChI=1S/C64H83F3N10O7/c1-39(82-4)53-48(30-45(32-68-53)73-24-23-72-25-26-83-34-46(72)33-73)57-49-31-62(2,3)38-84-61(81)50-13-8-20-77(71-50)59(79)51(28-40-9-7-12-43(27-40)44-16-17-52(47(49)29-44)76(57)37-64(65,66)67)69-58(78)56(42-10-5-6-11-42)74-21-18-63(35-74)19-22-75(36-63)60(80)55-54(70-55)41-14-15-41/h7,9,12,16-17,27,29-30,32,39,41-42,46,50-51,54-56,70-71H,5-6,8,10-11,13-15,18-26,28,31,33-38H2,1-4H3,(H,69,78)/t39-,46-,50-,51-,54?,55+,56?,63-/m0/s1. The number of morpholine rings is 1. The molecule has 2 saturated carbocycles. The maximum absolute atomic E-state index is 15.3. The summed E-state index contributed by atoms with van der Waals surface area (Å²) < 4.78 is 65.3. The highest BCUT2D eigenvalue weighted by Gasteiger charge is 2.55. The summed E-state index contributed by atoms with van der Waals surface area (Å²) in [7, 11) is 1.57. The van der Waals surface area contributed by atoms with E-state index in [2.05, 4.69) is 35.7 Å². The maximum atomic E-state index is 15.3. The molecule has 2 aromatic heterocycles. The van der Waals surface area contributed by atoms with E-state index in [0.717, 1.165) is 87.1 Å². The van der Waals surface area contributed by atoms with Crippen LogP contribution in [0.5, 0.6) is 0 Å². The summed E-state index contributed by atoms with van der Waals surface area (Å²) in [5.41, 5.74) is 7.92. The predicted molar refractivity (Wildman–Crippen MR) is 311 cm³/mol. The summed E-state index contributed by atoms with van der Waals surface area (Å²) in [6, 6.07) is 13.5. The van der Waals surface area contributed by atoms with Gasteiger partial charge in [-0.3, -0.25) is 44.3 Å². The first-order valence-corrected chi connectivity index (χ1v) is 31.1. The topological polar surface area (TPSA) is 176 Å². The zero-order valence-electron chi connectivity index (χ0n) is 49.2. The summed E-state index contributed by atoms with van der Waals surface area (Å²) in [5.74, 6) is -0.125. The van der Waals surface area contributed by atoms with Crippen LogP contribution < -0.4 is 21.0 Å². The van der Waals surface area contributed by atoms with Crippen LogP contribution in [0.15, 0.2) is 54.7 Å². The minimum Gasteiger partial charge on any atom is -0.464 e. The number of halogens is 3. The highest BCUT2D eigenvalue weighted by Crippen LogP contribution is 2.47. The lowest BCUT2D eigenvalue weighted by Gasteiger charge is -2.44. The van der Waals surface area contributed by atoms with Gasteiger partial charge in [0.2, 0.25) is 11.8 Å². The summed E-state index contributed by atoms with van der Waals surface area (Å²) in [5, 5.41) is 8.88. The van der Waals surface area contributed by atoms with Crippen LogP contribution in [0.4, 0.5) is 18.9 Å². The van der Waals surface area contributed by atoms with Crippen molar-refractivity contribution in [1.29, 1.82) is 0 Å². The van der Waals surface area contributed by atoms with Crippen LogP contribution in [0.1, 0.15) is 108 Å². The summed E-state index contributed by atoms with van der Waals surface area (Å²) in [6.07, 6.45) is 5.98. The van der Waals surface area contributed by atoms with Crippen LogP contribution in [0.2, 0.25) is 0 Å². The maximum Gasteiger partial charge on any atom is 0.406 e. The molecule has 9 heterocycles. The number of benzene rings is 2. The number of aromatic nitrogens is 2. The number of rotatable bonds is 11. The van der Waals surface area contributed by atoms with Crippen molar-refractivity contribution in [3.8, 4) is 22.4 Å². The Morgan fingerprint density at radius 1 is 0.929 bits per heavy atom. The molecule has 452 valence electrons. The Kier molecular flexibility index (Phi) is 15.7. The van der Waals surface area contributed by atoms with E-state index in [0.29, 0.717) is 104 Å². The molecule has 2 aromatic carbocycles. The smallest absolute Gasteiger partial charge is 0.406 e. The van der Waals surface area contributed by atoms with Crippen LogP contribution in [0.3, 0.4) is 0 Å². The van der Waals surface area contributed by atoms with Gasteiger partial charge in [0.1, 0.15) is 24.7 Å². The summed E-state index contributed by atoms with van der Waals surface area (Å²) in [4.78, 5) is 72.6. The predicted octanol–water partition coefficient (Wildman–Crippen LogP) is 7.04. The number of alkyl halides is 3. The Morgan fingerprint density at radius 2 is 1.74 bits per heavy atom. The second kappa shape index (κ2) is 22.9. The number of esters is 1. The van der Waals surface area contributed by atoms with Crippen LogP contribution in [-0.4, -0.2) is 181 Å². The van der Waals surface area contributed by atoms with E-state index in [1.54, 1.807) is 19.4 Å². The molecular weight excluding hydrogens is 1080 g/mol. The van der Waals surface area contributed by atoms with Gasteiger partial charge in [-0.1, -0.05) is 57.0 Å². The molecule has 6 saturated heterocycles.